The van der Waals surface area contributed by atoms with Gasteiger partial charge >= 0.3 is 6.18 Å². The van der Waals surface area contributed by atoms with Crippen molar-refractivity contribution in [1.29, 1.82) is 0 Å². The lowest BCUT2D eigenvalue weighted by molar-refractivity contribution is -0.137. The fraction of sp³-hybridized carbons (Fsp3) is 0.300. The van der Waals surface area contributed by atoms with Gasteiger partial charge in [-0.05, 0) is 36.3 Å². The monoisotopic (exact) mass is 233 g/mol. The summed E-state index contributed by atoms with van der Waals surface area (Å²) >= 11 is 0. The Hall–Kier alpha value is -1.72. The molecule has 0 saturated heterocycles. The fourth-order valence-electron chi connectivity index (χ4n) is 0.892. The lowest BCUT2D eigenvalue weighted by atomic mass is 10.2. The Balaban J connectivity index is 2.58. The largest absolute Gasteiger partial charge is 0.481 e. The van der Waals surface area contributed by atoms with Crippen molar-refractivity contribution in [3.63, 3.8) is 0 Å². The maximum absolute atomic E-state index is 12.2. The molecule has 0 aliphatic heterocycles. The van der Waals surface area contributed by atoms with Crippen LogP contribution in [-0.2, 0) is 10.9 Å². The average molecular weight is 233 g/mol. The van der Waals surface area contributed by atoms with Crippen molar-refractivity contribution < 1.29 is 22.7 Å². The summed E-state index contributed by atoms with van der Waals surface area (Å²) in [6.07, 6.45) is -3.26. The van der Waals surface area contributed by atoms with E-state index < -0.39 is 11.7 Å². The first-order chi connectivity index (χ1) is 7.54. The van der Waals surface area contributed by atoms with E-state index in [1.165, 1.54) is 12.1 Å². The van der Waals surface area contributed by atoms with E-state index in [9.17, 15) is 13.2 Å². The van der Waals surface area contributed by atoms with Crippen LogP contribution in [0.1, 0.15) is 12.5 Å². The molecule has 3 nitrogen and oxygen atoms in total. The fourth-order valence-corrected chi connectivity index (χ4v) is 0.892. The summed E-state index contributed by atoms with van der Waals surface area (Å²) in [4.78, 5) is 4.75. The molecule has 0 radical (unpaired) electrons. The van der Waals surface area contributed by atoms with Crippen molar-refractivity contribution in [2.75, 3.05) is 6.61 Å². The molecule has 1 rings (SSSR count). The first kappa shape index (κ1) is 12.4. The van der Waals surface area contributed by atoms with Gasteiger partial charge in [-0.25, -0.2) is 0 Å². The zero-order valence-corrected chi connectivity index (χ0v) is 8.49. The standard InChI is InChI=1S/C10H10F3NO2/c1-2-15-7-14-16-9-5-3-8(4-6-9)10(11,12)13/h3-7H,2H2,1H3. The van der Waals surface area contributed by atoms with Gasteiger partial charge in [0.2, 0.25) is 6.40 Å². The molecule has 0 atom stereocenters. The van der Waals surface area contributed by atoms with Crippen LogP contribution in [0.5, 0.6) is 5.75 Å². The van der Waals surface area contributed by atoms with Crippen molar-refractivity contribution in [3.8, 4) is 5.75 Å². The van der Waals surface area contributed by atoms with Gasteiger partial charge in [-0.3, -0.25) is 0 Å². The molecule has 0 spiro atoms. The lowest BCUT2D eigenvalue weighted by Crippen LogP contribution is -2.04. The van der Waals surface area contributed by atoms with Gasteiger partial charge in [-0.15, -0.1) is 0 Å². The molecule has 0 aromatic heterocycles. The number of oxime groups is 1. The molecular formula is C10H10F3NO2. The minimum Gasteiger partial charge on any atom is -0.481 e. The van der Waals surface area contributed by atoms with Gasteiger partial charge in [0.25, 0.3) is 0 Å². The second-order valence-corrected chi connectivity index (χ2v) is 2.78. The Morgan fingerprint density at radius 2 is 1.88 bits per heavy atom. The number of nitrogens with zero attached hydrogens (tertiary/aromatic N) is 1. The SMILES string of the molecule is CCOC=NOc1ccc(C(F)(F)F)cc1. The predicted molar refractivity (Wildman–Crippen MR) is 52.2 cm³/mol. The predicted octanol–water partition coefficient (Wildman–Crippen LogP) is 3.06. The molecule has 0 unspecified atom stereocenters. The van der Waals surface area contributed by atoms with E-state index >= 15 is 0 Å². The molecule has 0 saturated carbocycles. The van der Waals surface area contributed by atoms with Crippen LogP contribution in [0.2, 0.25) is 0 Å². The third-order valence-corrected chi connectivity index (χ3v) is 1.62. The summed E-state index contributed by atoms with van der Waals surface area (Å²) in [5, 5.41) is 3.39. The summed E-state index contributed by atoms with van der Waals surface area (Å²) in [5.74, 6) is 0.212. The number of benzene rings is 1. The summed E-state index contributed by atoms with van der Waals surface area (Å²) < 4.78 is 41.3. The highest BCUT2D eigenvalue weighted by Crippen LogP contribution is 2.30. The number of hydrogen-bond donors (Lipinski definition) is 0. The molecule has 0 bridgehead atoms. The second-order valence-electron chi connectivity index (χ2n) is 2.78. The van der Waals surface area contributed by atoms with Crippen LogP contribution >= 0.6 is 0 Å². The Morgan fingerprint density at radius 1 is 1.25 bits per heavy atom. The van der Waals surface area contributed by atoms with E-state index in [1.54, 1.807) is 6.92 Å². The zero-order chi connectivity index (χ0) is 12.0. The summed E-state index contributed by atoms with van der Waals surface area (Å²) in [7, 11) is 0. The average Bonchev–Trinajstić information content (AvgIpc) is 2.24. The van der Waals surface area contributed by atoms with E-state index in [4.69, 9.17) is 9.57 Å². The summed E-state index contributed by atoms with van der Waals surface area (Å²) in [6.45, 7) is 2.21. The Labute approximate surface area is 90.5 Å². The molecule has 0 heterocycles. The highest BCUT2D eigenvalue weighted by atomic mass is 19.4. The molecular weight excluding hydrogens is 223 g/mol. The third kappa shape index (κ3) is 3.80. The van der Waals surface area contributed by atoms with Crippen molar-refractivity contribution >= 4 is 6.40 Å². The van der Waals surface area contributed by atoms with Crippen molar-refractivity contribution in [3.05, 3.63) is 29.8 Å². The van der Waals surface area contributed by atoms with Crippen molar-refractivity contribution in [1.82, 2.24) is 0 Å². The maximum atomic E-state index is 12.2. The molecule has 0 aliphatic rings. The molecule has 1 aromatic carbocycles. The molecule has 0 aliphatic carbocycles. The third-order valence-electron chi connectivity index (χ3n) is 1.62. The van der Waals surface area contributed by atoms with Gasteiger partial charge < -0.3 is 9.57 Å². The van der Waals surface area contributed by atoms with Crippen molar-refractivity contribution in [2.24, 2.45) is 5.16 Å². The highest BCUT2D eigenvalue weighted by Gasteiger charge is 2.29. The lowest BCUT2D eigenvalue weighted by Gasteiger charge is -2.06. The van der Waals surface area contributed by atoms with Crippen LogP contribution in [-0.4, -0.2) is 13.0 Å². The Kier molecular flexibility index (Phi) is 4.16. The molecule has 0 fully saturated rings. The van der Waals surface area contributed by atoms with Crippen molar-refractivity contribution in [2.45, 2.75) is 13.1 Å². The van der Waals surface area contributed by atoms with Crippen LogP contribution in [0.15, 0.2) is 29.4 Å². The van der Waals surface area contributed by atoms with E-state index in [2.05, 4.69) is 5.16 Å². The minimum atomic E-state index is -4.34. The molecule has 16 heavy (non-hydrogen) atoms. The van der Waals surface area contributed by atoms with Gasteiger partial charge in [0.15, 0.2) is 5.75 Å². The second kappa shape index (κ2) is 5.39. The molecule has 1 aromatic rings. The first-order valence-corrected chi connectivity index (χ1v) is 4.51. The quantitative estimate of drug-likeness (QED) is 0.454. The number of halogens is 3. The highest BCUT2D eigenvalue weighted by molar-refractivity contribution is 5.45. The maximum Gasteiger partial charge on any atom is 0.416 e. The molecule has 0 N–H and O–H groups in total. The van der Waals surface area contributed by atoms with Gasteiger partial charge in [-0.1, -0.05) is 0 Å². The number of alkyl halides is 3. The minimum absolute atomic E-state index is 0.212. The van der Waals surface area contributed by atoms with E-state index in [1.807, 2.05) is 0 Å². The number of hydrogen-bond acceptors (Lipinski definition) is 3. The number of rotatable bonds is 4. The van der Waals surface area contributed by atoms with Crippen LogP contribution < -0.4 is 4.84 Å². The van der Waals surface area contributed by atoms with Gasteiger partial charge in [0, 0.05) is 0 Å². The number of ether oxygens (including phenoxy) is 1. The van der Waals surface area contributed by atoms with Crippen LogP contribution in [0.25, 0.3) is 0 Å². The Morgan fingerprint density at radius 3 is 2.38 bits per heavy atom. The zero-order valence-electron chi connectivity index (χ0n) is 8.49. The molecule has 6 heteroatoms. The smallest absolute Gasteiger partial charge is 0.416 e. The summed E-state index contributed by atoms with van der Waals surface area (Å²) in [6, 6.07) is 4.22. The van der Waals surface area contributed by atoms with Crippen LogP contribution in [0.4, 0.5) is 13.2 Å². The van der Waals surface area contributed by atoms with E-state index in [-0.39, 0.29) is 5.75 Å². The Bertz CT molecular complexity index is 346. The van der Waals surface area contributed by atoms with E-state index in [0.717, 1.165) is 18.5 Å². The van der Waals surface area contributed by atoms with Gasteiger partial charge in [-0.2, -0.15) is 13.2 Å². The topological polar surface area (TPSA) is 30.8 Å². The van der Waals surface area contributed by atoms with Crippen LogP contribution in [0.3, 0.4) is 0 Å². The summed E-state index contributed by atoms with van der Waals surface area (Å²) in [5.41, 5.74) is -0.728. The normalized spacial score (nSPS) is 11.8. The van der Waals surface area contributed by atoms with Gasteiger partial charge in [0.1, 0.15) is 0 Å². The van der Waals surface area contributed by atoms with Crippen LogP contribution in [0, 0.1) is 0 Å². The molecule has 88 valence electrons. The molecule has 0 amide bonds. The van der Waals surface area contributed by atoms with Gasteiger partial charge in [0.05, 0.1) is 12.2 Å². The first-order valence-electron chi connectivity index (χ1n) is 4.51. The van der Waals surface area contributed by atoms with E-state index in [0.29, 0.717) is 6.61 Å².